The Balaban J connectivity index is 0.00000180. The molecule has 1 atom stereocenters. The Hall–Kier alpha value is -0.640. The molecule has 0 saturated carbocycles. The molecule has 1 unspecified atom stereocenters. The third-order valence-electron chi connectivity index (χ3n) is 4.07. The lowest BCUT2D eigenvalue weighted by atomic mass is 9.90. The van der Waals surface area contributed by atoms with Crippen molar-refractivity contribution in [1.82, 2.24) is 4.90 Å². The van der Waals surface area contributed by atoms with Gasteiger partial charge in [-0.3, -0.25) is 4.90 Å². The number of benzene rings is 1. The summed E-state index contributed by atoms with van der Waals surface area (Å²) in [6.07, 6.45) is 2.36. The van der Waals surface area contributed by atoms with E-state index in [1.807, 2.05) is 13.0 Å². The Kier molecular flexibility index (Phi) is 6.24. The van der Waals surface area contributed by atoms with E-state index in [1.165, 1.54) is 18.4 Å². The molecule has 0 bridgehead atoms. The monoisotopic (exact) mass is 286 g/mol. The van der Waals surface area contributed by atoms with Crippen LogP contribution in [0.4, 0.5) is 4.39 Å². The van der Waals surface area contributed by atoms with Crippen LogP contribution in [0.15, 0.2) is 18.2 Å². The maximum absolute atomic E-state index is 13.0. The number of hydrogen-bond donors (Lipinski definition) is 1. The van der Waals surface area contributed by atoms with Crippen LogP contribution in [-0.2, 0) is 6.54 Å². The third kappa shape index (κ3) is 4.44. The van der Waals surface area contributed by atoms with E-state index in [1.54, 1.807) is 12.1 Å². The van der Waals surface area contributed by atoms with Crippen LogP contribution < -0.4 is 5.73 Å². The van der Waals surface area contributed by atoms with Gasteiger partial charge in [-0.15, -0.1) is 12.4 Å². The number of hydrogen-bond acceptors (Lipinski definition) is 2. The first-order valence-electron chi connectivity index (χ1n) is 6.79. The molecule has 2 N–H and O–H groups in total. The van der Waals surface area contributed by atoms with Gasteiger partial charge < -0.3 is 5.73 Å². The van der Waals surface area contributed by atoms with Crippen molar-refractivity contribution in [2.75, 3.05) is 13.1 Å². The van der Waals surface area contributed by atoms with Gasteiger partial charge in [-0.25, -0.2) is 4.39 Å². The molecule has 108 valence electrons. The summed E-state index contributed by atoms with van der Waals surface area (Å²) in [5.74, 6) is 0.516. The molecule has 1 fully saturated rings. The summed E-state index contributed by atoms with van der Waals surface area (Å²) in [7, 11) is 0. The SMILES string of the molecule is Cc1cc(F)ccc1CN1CCC(C(C)N)CC1.Cl. The number of piperidine rings is 1. The predicted molar refractivity (Wildman–Crippen MR) is 80.0 cm³/mol. The zero-order valence-electron chi connectivity index (χ0n) is 11.7. The van der Waals surface area contributed by atoms with E-state index in [2.05, 4.69) is 11.8 Å². The van der Waals surface area contributed by atoms with Crippen LogP contribution in [0.25, 0.3) is 0 Å². The van der Waals surface area contributed by atoms with E-state index < -0.39 is 0 Å². The summed E-state index contributed by atoms with van der Waals surface area (Å²) in [5.41, 5.74) is 8.22. The summed E-state index contributed by atoms with van der Waals surface area (Å²) in [4.78, 5) is 2.44. The molecule has 0 aliphatic carbocycles. The van der Waals surface area contributed by atoms with Crippen LogP contribution in [0.2, 0.25) is 0 Å². The summed E-state index contributed by atoms with van der Waals surface area (Å²) in [6.45, 7) is 7.21. The summed E-state index contributed by atoms with van der Waals surface area (Å²) >= 11 is 0. The van der Waals surface area contributed by atoms with E-state index in [0.717, 1.165) is 25.2 Å². The first-order valence-corrected chi connectivity index (χ1v) is 6.79. The maximum Gasteiger partial charge on any atom is 0.123 e. The zero-order valence-corrected chi connectivity index (χ0v) is 12.5. The van der Waals surface area contributed by atoms with Crippen molar-refractivity contribution in [2.24, 2.45) is 11.7 Å². The van der Waals surface area contributed by atoms with Crippen molar-refractivity contribution in [3.8, 4) is 0 Å². The standard InChI is InChI=1S/C15H23FN2.ClH/c1-11-9-15(16)4-3-14(11)10-18-7-5-13(6-8-18)12(2)17;/h3-4,9,12-13H,5-8,10,17H2,1-2H3;1H. The molecule has 19 heavy (non-hydrogen) atoms. The van der Waals surface area contributed by atoms with Gasteiger partial charge in [0.2, 0.25) is 0 Å². The summed E-state index contributed by atoms with van der Waals surface area (Å²) in [6, 6.07) is 5.38. The Morgan fingerprint density at radius 1 is 1.37 bits per heavy atom. The molecule has 1 saturated heterocycles. The second-order valence-corrected chi connectivity index (χ2v) is 5.54. The van der Waals surface area contributed by atoms with Gasteiger partial charge in [-0.05, 0) is 69.0 Å². The third-order valence-corrected chi connectivity index (χ3v) is 4.07. The Morgan fingerprint density at radius 3 is 2.53 bits per heavy atom. The van der Waals surface area contributed by atoms with Crippen molar-refractivity contribution in [3.05, 3.63) is 35.1 Å². The van der Waals surface area contributed by atoms with Crippen molar-refractivity contribution in [2.45, 2.75) is 39.3 Å². The average molecular weight is 287 g/mol. The van der Waals surface area contributed by atoms with E-state index in [0.29, 0.717) is 12.0 Å². The smallest absolute Gasteiger partial charge is 0.123 e. The number of halogens is 2. The largest absolute Gasteiger partial charge is 0.328 e. The molecule has 4 heteroatoms. The predicted octanol–water partition coefficient (Wildman–Crippen LogP) is 3.12. The maximum atomic E-state index is 13.0. The Labute approximate surface area is 121 Å². The van der Waals surface area contributed by atoms with Crippen LogP contribution >= 0.6 is 12.4 Å². The van der Waals surface area contributed by atoms with Gasteiger partial charge in [0.05, 0.1) is 0 Å². The van der Waals surface area contributed by atoms with Gasteiger partial charge in [0.25, 0.3) is 0 Å². The van der Waals surface area contributed by atoms with E-state index in [9.17, 15) is 4.39 Å². The molecular formula is C15H24ClFN2. The summed E-state index contributed by atoms with van der Waals surface area (Å²) < 4.78 is 13.0. The number of aryl methyl sites for hydroxylation is 1. The molecule has 1 aromatic rings. The molecule has 1 aromatic carbocycles. The fourth-order valence-electron chi connectivity index (χ4n) is 2.71. The first-order chi connectivity index (χ1) is 8.56. The molecule has 1 heterocycles. The molecule has 0 radical (unpaired) electrons. The van der Waals surface area contributed by atoms with Gasteiger partial charge in [0, 0.05) is 12.6 Å². The lowest BCUT2D eigenvalue weighted by Crippen LogP contribution is -2.39. The topological polar surface area (TPSA) is 29.3 Å². The zero-order chi connectivity index (χ0) is 13.1. The average Bonchev–Trinajstić information content (AvgIpc) is 2.33. The van der Waals surface area contributed by atoms with E-state index >= 15 is 0 Å². The second-order valence-electron chi connectivity index (χ2n) is 5.54. The lowest BCUT2D eigenvalue weighted by molar-refractivity contribution is 0.165. The summed E-state index contributed by atoms with van der Waals surface area (Å²) in [5, 5.41) is 0. The number of likely N-dealkylation sites (tertiary alicyclic amines) is 1. The first kappa shape index (κ1) is 16.4. The normalized spacial score (nSPS) is 18.9. The highest BCUT2D eigenvalue weighted by Crippen LogP contribution is 2.22. The van der Waals surface area contributed by atoms with Crippen LogP contribution in [0.3, 0.4) is 0 Å². The number of rotatable bonds is 3. The highest BCUT2D eigenvalue weighted by molar-refractivity contribution is 5.85. The molecule has 0 amide bonds. The van der Waals surface area contributed by atoms with Crippen molar-refractivity contribution in [1.29, 1.82) is 0 Å². The minimum absolute atomic E-state index is 0. The van der Waals surface area contributed by atoms with Crippen LogP contribution in [0.1, 0.15) is 30.9 Å². The Morgan fingerprint density at radius 2 is 2.00 bits per heavy atom. The van der Waals surface area contributed by atoms with Crippen LogP contribution in [0.5, 0.6) is 0 Å². The van der Waals surface area contributed by atoms with E-state index in [4.69, 9.17) is 5.73 Å². The highest BCUT2D eigenvalue weighted by atomic mass is 35.5. The quantitative estimate of drug-likeness (QED) is 0.925. The minimum atomic E-state index is -0.146. The lowest BCUT2D eigenvalue weighted by Gasteiger charge is -2.34. The van der Waals surface area contributed by atoms with Gasteiger partial charge in [-0.2, -0.15) is 0 Å². The van der Waals surface area contributed by atoms with Gasteiger partial charge in [-0.1, -0.05) is 6.07 Å². The molecule has 1 aliphatic heterocycles. The molecule has 2 rings (SSSR count). The van der Waals surface area contributed by atoms with Crippen LogP contribution in [-0.4, -0.2) is 24.0 Å². The molecule has 1 aliphatic rings. The van der Waals surface area contributed by atoms with Crippen molar-refractivity contribution < 1.29 is 4.39 Å². The number of nitrogens with two attached hydrogens (primary N) is 1. The van der Waals surface area contributed by atoms with Gasteiger partial charge >= 0.3 is 0 Å². The van der Waals surface area contributed by atoms with E-state index in [-0.39, 0.29) is 18.2 Å². The fourth-order valence-corrected chi connectivity index (χ4v) is 2.71. The molecular weight excluding hydrogens is 263 g/mol. The molecule has 2 nitrogen and oxygen atoms in total. The Bertz CT molecular complexity index is 401. The van der Waals surface area contributed by atoms with Crippen molar-refractivity contribution >= 4 is 12.4 Å². The molecule has 0 spiro atoms. The van der Waals surface area contributed by atoms with Crippen LogP contribution in [0, 0.1) is 18.7 Å². The highest BCUT2D eigenvalue weighted by Gasteiger charge is 2.21. The van der Waals surface area contributed by atoms with Crippen molar-refractivity contribution in [3.63, 3.8) is 0 Å². The van der Waals surface area contributed by atoms with Gasteiger partial charge in [0.1, 0.15) is 5.82 Å². The second kappa shape index (κ2) is 7.22. The minimum Gasteiger partial charge on any atom is -0.328 e. The number of nitrogens with zero attached hydrogens (tertiary/aromatic N) is 1. The van der Waals surface area contributed by atoms with Gasteiger partial charge in [0.15, 0.2) is 0 Å². The fraction of sp³-hybridized carbons (Fsp3) is 0.600. The molecule has 0 aromatic heterocycles.